The molecule has 0 bridgehead atoms. The Bertz CT molecular complexity index is 371. The minimum atomic E-state index is -0.555. The van der Waals surface area contributed by atoms with Crippen LogP contribution in [0, 0.1) is 17.6 Å². The van der Waals surface area contributed by atoms with E-state index in [1.807, 2.05) is 13.8 Å². The van der Waals surface area contributed by atoms with Crippen molar-refractivity contribution in [3.63, 3.8) is 0 Å². The Morgan fingerprint density at radius 1 is 1.28 bits per heavy atom. The van der Waals surface area contributed by atoms with Gasteiger partial charge in [0.05, 0.1) is 0 Å². The van der Waals surface area contributed by atoms with Gasteiger partial charge in [-0.05, 0) is 38.3 Å². The molecule has 0 aliphatic heterocycles. The average Bonchev–Trinajstić information content (AvgIpc) is 2.34. The predicted octanol–water partition coefficient (Wildman–Crippen LogP) is 3.02. The largest absolute Gasteiger partial charge is 0.396 e. The molecule has 0 heterocycles. The molecule has 2 nitrogen and oxygen atoms in total. The Morgan fingerprint density at radius 2 is 2.00 bits per heavy atom. The molecule has 0 amide bonds. The quantitative estimate of drug-likeness (QED) is 0.736. The van der Waals surface area contributed by atoms with E-state index in [-0.39, 0.29) is 12.6 Å². The molecular weight excluding hydrogens is 236 g/mol. The van der Waals surface area contributed by atoms with Crippen LogP contribution in [0.2, 0.25) is 0 Å². The molecule has 18 heavy (non-hydrogen) atoms. The lowest BCUT2D eigenvalue weighted by Gasteiger charge is -2.15. The monoisotopic (exact) mass is 257 g/mol. The van der Waals surface area contributed by atoms with Crippen LogP contribution in [-0.4, -0.2) is 18.3 Å². The fraction of sp³-hybridized carbons (Fsp3) is 0.571. The first kappa shape index (κ1) is 15.1. The van der Waals surface area contributed by atoms with Crippen molar-refractivity contribution in [3.05, 3.63) is 35.4 Å². The molecule has 4 heteroatoms. The number of hydrogen-bond acceptors (Lipinski definition) is 2. The van der Waals surface area contributed by atoms with Gasteiger partial charge < -0.3 is 10.4 Å². The molecule has 0 saturated carbocycles. The summed E-state index contributed by atoms with van der Waals surface area (Å²) in [7, 11) is 0. The Hall–Kier alpha value is -1.00. The summed E-state index contributed by atoms with van der Waals surface area (Å²) in [4.78, 5) is 0. The highest BCUT2D eigenvalue weighted by Crippen LogP contribution is 2.17. The Kier molecular flexibility index (Phi) is 6.22. The molecule has 2 N–H and O–H groups in total. The summed E-state index contributed by atoms with van der Waals surface area (Å²) in [5.41, 5.74) is 0.478. The predicted molar refractivity (Wildman–Crippen MR) is 68.3 cm³/mol. The molecule has 102 valence electrons. The summed E-state index contributed by atoms with van der Waals surface area (Å²) >= 11 is 0. The van der Waals surface area contributed by atoms with Crippen molar-refractivity contribution >= 4 is 0 Å². The van der Waals surface area contributed by atoms with E-state index in [0.717, 1.165) is 25.5 Å². The maximum absolute atomic E-state index is 13.5. The second kappa shape index (κ2) is 7.44. The number of hydrogen-bond donors (Lipinski definition) is 2. The second-order valence-electron chi connectivity index (χ2n) is 4.77. The molecule has 0 saturated heterocycles. The van der Waals surface area contributed by atoms with Crippen molar-refractivity contribution < 1.29 is 13.9 Å². The van der Waals surface area contributed by atoms with Crippen LogP contribution < -0.4 is 5.32 Å². The summed E-state index contributed by atoms with van der Waals surface area (Å²) in [6.45, 7) is 4.79. The molecule has 1 aromatic carbocycles. The van der Waals surface area contributed by atoms with Crippen molar-refractivity contribution in [1.29, 1.82) is 0 Å². The van der Waals surface area contributed by atoms with Crippen molar-refractivity contribution in [2.75, 3.05) is 13.2 Å². The van der Waals surface area contributed by atoms with Crippen LogP contribution in [0.1, 0.15) is 38.3 Å². The van der Waals surface area contributed by atoms with Gasteiger partial charge >= 0.3 is 0 Å². The lowest BCUT2D eigenvalue weighted by molar-refractivity contribution is 0.227. The number of rotatable bonds is 7. The Balaban J connectivity index is 2.38. The van der Waals surface area contributed by atoms with Gasteiger partial charge in [-0.3, -0.25) is 0 Å². The summed E-state index contributed by atoms with van der Waals surface area (Å²) < 4.78 is 26.2. The van der Waals surface area contributed by atoms with E-state index in [1.54, 1.807) is 0 Å². The Morgan fingerprint density at radius 3 is 2.61 bits per heavy atom. The van der Waals surface area contributed by atoms with Crippen LogP contribution in [0.25, 0.3) is 0 Å². The van der Waals surface area contributed by atoms with Crippen LogP contribution in [-0.2, 0) is 0 Å². The lowest BCUT2D eigenvalue weighted by atomic mass is 10.1. The maximum Gasteiger partial charge on any atom is 0.130 e. The molecule has 0 spiro atoms. The van der Waals surface area contributed by atoms with E-state index in [9.17, 15) is 8.78 Å². The van der Waals surface area contributed by atoms with Gasteiger partial charge in [-0.2, -0.15) is 0 Å². The summed E-state index contributed by atoms with van der Waals surface area (Å²) in [5, 5.41) is 12.1. The van der Waals surface area contributed by atoms with Gasteiger partial charge in [-0.1, -0.05) is 13.0 Å². The molecule has 1 rings (SSSR count). The summed E-state index contributed by atoms with van der Waals surface area (Å²) in [5.74, 6) is -0.774. The Labute approximate surface area is 107 Å². The van der Waals surface area contributed by atoms with Gasteiger partial charge in [-0.15, -0.1) is 0 Å². The smallest absolute Gasteiger partial charge is 0.130 e. The van der Waals surface area contributed by atoms with Gasteiger partial charge in [0.1, 0.15) is 11.6 Å². The third kappa shape index (κ3) is 4.70. The number of halogens is 2. The fourth-order valence-corrected chi connectivity index (χ4v) is 1.82. The normalized spacial score (nSPS) is 14.5. The van der Waals surface area contributed by atoms with Gasteiger partial charge in [0.15, 0.2) is 0 Å². The summed E-state index contributed by atoms with van der Waals surface area (Å²) in [6, 6.07) is 3.50. The van der Waals surface area contributed by atoms with Gasteiger partial charge in [0, 0.05) is 24.3 Å². The molecule has 2 atom stereocenters. The average molecular weight is 257 g/mol. The summed E-state index contributed by atoms with van der Waals surface area (Å²) in [6.07, 6.45) is 1.86. The van der Waals surface area contributed by atoms with Gasteiger partial charge in [0.25, 0.3) is 0 Å². The first-order valence-corrected chi connectivity index (χ1v) is 6.33. The fourth-order valence-electron chi connectivity index (χ4n) is 1.82. The van der Waals surface area contributed by atoms with Crippen molar-refractivity contribution in [3.8, 4) is 0 Å². The van der Waals surface area contributed by atoms with E-state index >= 15 is 0 Å². The minimum absolute atomic E-state index is 0.143. The minimum Gasteiger partial charge on any atom is -0.396 e. The first-order chi connectivity index (χ1) is 8.54. The lowest BCUT2D eigenvalue weighted by Crippen LogP contribution is -2.21. The van der Waals surface area contributed by atoms with Crippen LogP contribution in [0.4, 0.5) is 8.78 Å². The first-order valence-electron chi connectivity index (χ1n) is 6.33. The van der Waals surface area contributed by atoms with Crippen molar-refractivity contribution in [1.82, 2.24) is 5.32 Å². The molecule has 2 unspecified atom stereocenters. The topological polar surface area (TPSA) is 32.3 Å². The van der Waals surface area contributed by atoms with E-state index in [0.29, 0.717) is 11.5 Å². The molecule has 0 radical (unpaired) electrons. The number of aliphatic hydroxyl groups excluding tert-OH is 1. The molecule has 0 aromatic heterocycles. The number of nitrogens with one attached hydrogen (secondary N) is 1. The van der Waals surface area contributed by atoms with E-state index in [4.69, 9.17) is 5.11 Å². The number of benzene rings is 1. The van der Waals surface area contributed by atoms with E-state index in [1.165, 1.54) is 12.1 Å². The number of aliphatic hydroxyl groups is 1. The standard InChI is InChI=1S/C14H21F2NO/c1-10(9-18)4-3-7-17-11(2)13-6-5-12(15)8-14(13)16/h5-6,8,10-11,17-18H,3-4,7,9H2,1-2H3. The van der Waals surface area contributed by atoms with Crippen LogP contribution in [0.3, 0.4) is 0 Å². The van der Waals surface area contributed by atoms with Gasteiger partial charge in [-0.25, -0.2) is 8.78 Å². The molecule has 0 fully saturated rings. The SMILES string of the molecule is CC(CO)CCCNC(C)c1ccc(F)cc1F. The molecule has 0 aliphatic rings. The van der Waals surface area contributed by atoms with Crippen LogP contribution in [0.5, 0.6) is 0 Å². The zero-order valence-corrected chi connectivity index (χ0v) is 10.9. The second-order valence-corrected chi connectivity index (χ2v) is 4.77. The van der Waals surface area contributed by atoms with Crippen molar-refractivity contribution in [2.24, 2.45) is 5.92 Å². The maximum atomic E-state index is 13.5. The van der Waals surface area contributed by atoms with E-state index in [2.05, 4.69) is 5.32 Å². The highest BCUT2D eigenvalue weighted by molar-refractivity contribution is 5.21. The van der Waals surface area contributed by atoms with E-state index < -0.39 is 11.6 Å². The molecule has 0 aliphatic carbocycles. The molecular formula is C14H21F2NO. The zero-order valence-electron chi connectivity index (χ0n) is 10.9. The van der Waals surface area contributed by atoms with Crippen molar-refractivity contribution in [2.45, 2.75) is 32.7 Å². The molecule has 1 aromatic rings. The highest BCUT2D eigenvalue weighted by Gasteiger charge is 2.11. The third-order valence-corrected chi connectivity index (χ3v) is 3.06. The third-order valence-electron chi connectivity index (χ3n) is 3.06. The van der Waals surface area contributed by atoms with Crippen LogP contribution >= 0.6 is 0 Å². The highest BCUT2D eigenvalue weighted by atomic mass is 19.1. The van der Waals surface area contributed by atoms with Crippen LogP contribution in [0.15, 0.2) is 18.2 Å². The zero-order chi connectivity index (χ0) is 13.5. The van der Waals surface area contributed by atoms with Gasteiger partial charge in [0.2, 0.25) is 0 Å².